The quantitative estimate of drug-likeness (QED) is 0.645. The zero-order chi connectivity index (χ0) is 10.6. The van der Waals surface area contributed by atoms with Crippen LogP contribution in [0.2, 0.25) is 0 Å². The maximum atomic E-state index is 11.4. The molecule has 14 heavy (non-hydrogen) atoms. The lowest BCUT2D eigenvalue weighted by molar-refractivity contribution is -0.148. The van der Waals surface area contributed by atoms with E-state index < -0.39 is 0 Å². The van der Waals surface area contributed by atoms with Crippen LogP contribution in [0, 0.1) is 5.92 Å². The van der Waals surface area contributed by atoms with Crippen LogP contribution >= 0.6 is 0 Å². The van der Waals surface area contributed by atoms with Gasteiger partial charge in [-0.15, -0.1) is 0 Å². The molecule has 1 saturated heterocycles. The van der Waals surface area contributed by atoms with Crippen LogP contribution in [0.4, 0.5) is 0 Å². The maximum absolute atomic E-state index is 11.4. The number of hydrogen-bond acceptors (Lipinski definition) is 3. The molecule has 1 heterocycles. The molecule has 0 N–H and O–H groups in total. The van der Waals surface area contributed by atoms with Gasteiger partial charge in [-0.25, -0.2) is 0 Å². The van der Waals surface area contributed by atoms with E-state index in [1.807, 2.05) is 13.8 Å². The van der Waals surface area contributed by atoms with Crippen molar-refractivity contribution in [3.63, 3.8) is 0 Å². The van der Waals surface area contributed by atoms with Gasteiger partial charge in [-0.1, -0.05) is 6.92 Å². The Morgan fingerprint density at radius 3 is 2.86 bits per heavy atom. The third kappa shape index (κ3) is 2.98. The summed E-state index contributed by atoms with van der Waals surface area (Å²) in [6.07, 6.45) is 2.52. The summed E-state index contributed by atoms with van der Waals surface area (Å²) in [4.78, 5) is 13.8. The molecule has 0 aliphatic carbocycles. The summed E-state index contributed by atoms with van der Waals surface area (Å²) in [6, 6.07) is 0.631. The van der Waals surface area contributed by atoms with Crippen molar-refractivity contribution in [3.05, 3.63) is 0 Å². The first-order chi connectivity index (χ1) is 6.65. The minimum absolute atomic E-state index is 0.00972. The Bertz CT molecular complexity index is 194. The zero-order valence-corrected chi connectivity index (χ0v) is 9.45. The van der Waals surface area contributed by atoms with Crippen LogP contribution < -0.4 is 0 Å². The zero-order valence-electron chi connectivity index (χ0n) is 9.45. The molecule has 3 heteroatoms. The molecule has 1 rings (SSSR count). The SMILES string of the molecule is CCOC(=O)C(C)CN1CCCC1C. The summed E-state index contributed by atoms with van der Waals surface area (Å²) in [6.45, 7) is 8.49. The van der Waals surface area contributed by atoms with Crippen LogP contribution in [0.15, 0.2) is 0 Å². The molecule has 0 bridgehead atoms. The third-order valence-electron chi connectivity index (χ3n) is 2.89. The molecule has 0 aromatic heterocycles. The molecule has 0 amide bonds. The molecule has 0 spiro atoms. The normalized spacial score (nSPS) is 24.9. The van der Waals surface area contributed by atoms with Crippen LogP contribution in [-0.4, -0.2) is 36.6 Å². The molecule has 3 nitrogen and oxygen atoms in total. The highest BCUT2D eigenvalue weighted by atomic mass is 16.5. The largest absolute Gasteiger partial charge is 0.466 e. The van der Waals surface area contributed by atoms with Gasteiger partial charge in [0.05, 0.1) is 12.5 Å². The van der Waals surface area contributed by atoms with Gasteiger partial charge >= 0.3 is 5.97 Å². The Hall–Kier alpha value is -0.570. The van der Waals surface area contributed by atoms with Gasteiger partial charge in [0.15, 0.2) is 0 Å². The minimum Gasteiger partial charge on any atom is -0.466 e. The van der Waals surface area contributed by atoms with Crippen molar-refractivity contribution in [2.24, 2.45) is 5.92 Å². The fraction of sp³-hybridized carbons (Fsp3) is 0.909. The molecular formula is C11H21NO2. The van der Waals surface area contributed by atoms with E-state index in [2.05, 4.69) is 11.8 Å². The highest BCUT2D eigenvalue weighted by Gasteiger charge is 2.24. The standard InChI is InChI=1S/C11H21NO2/c1-4-14-11(13)9(2)8-12-7-5-6-10(12)3/h9-10H,4-8H2,1-3H3. The lowest BCUT2D eigenvalue weighted by Gasteiger charge is -2.23. The number of carbonyl (C=O) groups excluding carboxylic acids is 1. The van der Waals surface area contributed by atoms with E-state index in [1.165, 1.54) is 12.8 Å². The average molecular weight is 199 g/mol. The van der Waals surface area contributed by atoms with E-state index in [-0.39, 0.29) is 11.9 Å². The molecule has 0 aromatic carbocycles. The topological polar surface area (TPSA) is 29.5 Å². The summed E-state index contributed by atoms with van der Waals surface area (Å²) in [5.41, 5.74) is 0. The van der Waals surface area contributed by atoms with Gasteiger partial charge < -0.3 is 4.74 Å². The van der Waals surface area contributed by atoms with Gasteiger partial charge in [0.1, 0.15) is 0 Å². The van der Waals surface area contributed by atoms with E-state index in [4.69, 9.17) is 4.74 Å². The number of esters is 1. The molecule has 1 fully saturated rings. The second-order valence-electron chi connectivity index (χ2n) is 4.14. The Labute approximate surface area is 86.4 Å². The number of rotatable bonds is 4. The highest BCUT2D eigenvalue weighted by Crippen LogP contribution is 2.18. The van der Waals surface area contributed by atoms with Gasteiger partial charge in [0, 0.05) is 12.6 Å². The van der Waals surface area contributed by atoms with Crippen molar-refractivity contribution in [1.29, 1.82) is 0 Å². The summed E-state index contributed by atoms with van der Waals surface area (Å²) in [7, 11) is 0. The van der Waals surface area contributed by atoms with E-state index in [1.54, 1.807) is 0 Å². The predicted octanol–water partition coefficient (Wildman–Crippen LogP) is 1.67. The smallest absolute Gasteiger partial charge is 0.309 e. The van der Waals surface area contributed by atoms with Gasteiger partial charge in [-0.2, -0.15) is 0 Å². The first-order valence-electron chi connectivity index (χ1n) is 5.55. The predicted molar refractivity (Wildman–Crippen MR) is 56.1 cm³/mol. The van der Waals surface area contributed by atoms with Crippen molar-refractivity contribution >= 4 is 5.97 Å². The fourth-order valence-corrected chi connectivity index (χ4v) is 1.97. The van der Waals surface area contributed by atoms with Crippen molar-refractivity contribution in [3.8, 4) is 0 Å². The van der Waals surface area contributed by atoms with Crippen LogP contribution in [0.5, 0.6) is 0 Å². The maximum Gasteiger partial charge on any atom is 0.309 e. The number of ether oxygens (including phenoxy) is 1. The first kappa shape index (κ1) is 11.5. The van der Waals surface area contributed by atoms with Gasteiger partial charge in [0.25, 0.3) is 0 Å². The molecule has 0 saturated carbocycles. The van der Waals surface area contributed by atoms with Crippen LogP contribution in [0.25, 0.3) is 0 Å². The number of nitrogens with zero attached hydrogens (tertiary/aromatic N) is 1. The van der Waals surface area contributed by atoms with E-state index in [9.17, 15) is 4.79 Å². The van der Waals surface area contributed by atoms with Crippen LogP contribution in [0.3, 0.4) is 0 Å². The monoisotopic (exact) mass is 199 g/mol. The Morgan fingerprint density at radius 2 is 2.36 bits per heavy atom. The lowest BCUT2D eigenvalue weighted by atomic mass is 10.1. The number of carbonyl (C=O) groups is 1. The number of hydrogen-bond donors (Lipinski definition) is 0. The minimum atomic E-state index is -0.0633. The van der Waals surface area contributed by atoms with Gasteiger partial charge in [-0.05, 0) is 33.2 Å². The van der Waals surface area contributed by atoms with Crippen molar-refractivity contribution in [2.75, 3.05) is 19.7 Å². The molecule has 1 aliphatic heterocycles. The van der Waals surface area contributed by atoms with E-state index in [0.29, 0.717) is 12.6 Å². The van der Waals surface area contributed by atoms with Gasteiger partial charge in [0.2, 0.25) is 0 Å². The fourth-order valence-electron chi connectivity index (χ4n) is 1.97. The molecule has 82 valence electrons. The third-order valence-corrected chi connectivity index (χ3v) is 2.89. The second kappa shape index (κ2) is 5.35. The summed E-state index contributed by atoms with van der Waals surface area (Å²) in [5, 5.41) is 0. The Morgan fingerprint density at radius 1 is 1.64 bits per heavy atom. The van der Waals surface area contributed by atoms with Crippen LogP contribution in [0.1, 0.15) is 33.6 Å². The average Bonchev–Trinajstić information content (AvgIpc) is 2.52. The van der Waals surface area contributed by atoms with Crippen molar-refractivity contribution in [2.45, 2.75) is 39.7 Å². The summed E-state index contributed by atoms with van der Waals surface area (Å²) >= 11 is 0. The van der Waals surface area contributed by atoms with Crippen molar-refractivity contribution < 1.29 is 9.53 Å². The molecule has 2 unspecified atom stereocenters. The highest BCUT2D eigenvalue weighted by molar-refractivity contribution is 5.72. The van der Waals surface area contributed by atoms with Gasteiger partial charge in [-0.3, -0.25) is 9.69 Å². The molecule has 2 atom stereocenters. The summed E-state index contributed by atoms with van der Waals surface area (Å²) in [5.74, 6) is -0.0536. The second-order valence-corrected chi connectivity index (χ2v) is 4.14. The van der Waals surface area contributed by atoms with Crippen LogP contribution in [-0.2, 0) is 9.53 Å². The molecular weight excluding hydrogens is 178 g/mol. The molecule has 0 radical (unpaired) electrons. The number of likely N-dealkylation sites (tertiary alicyclic amines) is 1. The van der Waals surface area contributed by atoms with E-state index in [0.717, 1.165) is 13.1 Å². The Balaban J connectivity index is 2.32. The lowest BCUT2D eigenvalue weighted by Crippen LogP contribution is -2.34. The molecule has 0 aromatic rings. The van der Waals surface area contributed by atoms with Crippen molar-refractivity contribution in [1.82, 2.24) is 4.90 Å². The molecule has 1 aliphatic rings. The summed E-state index contributed by atoms with van der Waals surface area (Å²) < 4.78 is 4.98. The first-order valence-corrected chi connectivity index (χ1v) is 5.55. The van der Waals surface area contributed by atoms with E-state index >= 15 is 0 Å². The Kier molecular flexibility index (Phi) is 4.39.